The van der Waals surface area contributed by atoms with E-state index in [1.54, 1.807) is 4.68 Å². The second-order valence-corrected chi connectivity index (χ2v) is 5.28. The van der Waals surface area contributed by atoms with Crippen LogP contribution in [0.4, 0.5) is 0 Å². The summed E-state index contributed by atoms with van der Waals surface area (Å²) < 4.78 is 6.57. The first-order valence-electron chi connectivity index (χ1n) is 7.13. The van der Waals surface area contributed by atoms with Crippen molar-refractivity contribution in [3.05, 3.63) is 46.3 Å². The summed E-state index contributed by atoms with van der Waals surface area (Å²) in [5.41, 5.74) is 4.75. The molecule has 0 radical (unpaired) electrons. The summed E-state index contributed by atoms with van der Waals surface area (Å²) in [6, 6.07) is 6.39. The van der Waals surface area contributed by atoms with Crippen molar-refractivity contribution >= 4 is 5.97 Å². The van der Waals surface area contributed by atoms with Crippen molar-refractivity contribution in [2.24, 2.45) is 0 Å². The Kier molecular flexibility index (Phi) is 4.73. The van der Waals surface area contributed by atoms with Gasteiger partial charge in [0.2, 0.25) is 0 Å². The molecule has 5 heteroatoms. The van der Waals surface area contributed by atoms with Crippen molar-refractivity contribution in [3.63, 3.8) is 0 Å². The van der Waals surface area contributed by atoms with Crippen LogP contribution >= 0.6 is 0 Å². The minimum atomic E-state index is -0.426. The molecule has 0 unspecified atom stereocenters. The first-order valence-corrected chi connectivity index (χ1v) is 7.13. The summed E-state index contributed by atoms with van der Waals surface area (Å²) in [7, 11) is 1.36. The molecule has 0 saturated carbocycles. The fraction of sp³-hybridized carbons (Fsp3) is 0.438. The molecule has 0 amide bonds. The van der Waals surface area contributed by atoms with Gasteiger partial charge in [-0.05, 0) is 25.8 Å². The summed E-state index contributed by atoms with van der Waals surface area (Å²) in [5, 5.41) is 8.11. The highest BCUT2D eigenvalue weighted by Gasteiger charge is 2.19. The highest BCUT2D eigenvalue weighted by atomic mass is 16.5. The summed E-state index contributed by atoms with van der Waals surface area (Å²) >= 11 is 0. The van der Waals surface area contributed by atoms with Gasteiger partial charge in [0.1, 0.15) is 0 Å². The minimum Gasteiger partial charge on any atom is -0.464 e. The van der Waals surface area contributed by atoms with Crippen molar-refractivity contribution in [2.75, 3.05) is 7.11 Å². The molecule has 0 N–H and O–H groups in total. The highest BCUT2D eigenvalue weighted by Crippen LogP contribution is 2.14. The van der Waals surface area contributed by atoms with Crippen molar-refractivity contribution in [1.82, 2.24) is 15.0 Å². The number of benzene rings is 1. The molecule has 0 atom stereocenters. The number of carbonyl (C=O) groups is 1. The molecule has 112 valence electrons. The van der Waals surface area contributed by atoms with Gasteiger partial charge >= 0.3 is 5.97 Å². The number of aromatic nitrogens is 3. The molecule has 1 aromatic carbocycles. The van der Waals surface area contributed by atoms with E-state index in [1.807, 2.05) is 0 Å². The molecule has 5 nitrogen and oxygen atoms in total. The third-order valence-electron chi connectivity index (χ3n) is 3.32. The zero-order valence-corrected chi connectivity index (χ0v) is 13.0. The number of hydrogen-bond donors (Lipinski definition) is 0. The van der Waals surface area contributed by atoms with E-state index in [0.29, 0.717) is 12.2 Å². The Morgan fingerprint density at radius 2 is 1.90 bits per heavy atom. The Bertz CT molecular complexity index is 627. The van der Waals surface area contributed by atoms with E-state index in [9.17, 15) is 4.79 Å². The predicted octanol–water partition coefficient (Wildman–Crippen LogP) is 2.68. The zero-order valence-electron chi connectivity index (χ0n) is 13.0. The van der Waals surface area contributed by atoms with Crippen LogP contribution in [0.15, 0.2) is 18.2 Å². The second-order valence-electron chi connectivity index (χ2n) is 5.28. The lowest BCUT2D eigenvalue weighted by molar-refractivity contribution is 0.0592. The number of ether oxygens (including phenoxy) is 1. The maximum Gasteiger partial charge on any atom is 0.360 e. The van der Waals surface area contributed by atoms with Gasteiger partial charge < -0.3 is 4.74 Å². The highest BCUT2D eigenvalue weighted by molar-refractivity contribution is 5.88. The van der Waals surface area contributed by atoms with Crippen LogP contribution < -0.4 is 0 Å². The van der Waals surface area contributed by atoms with Crippen LogP contribution in [-0.4, -0.2) is 28.1 Å². The number of methoxy groups -OCH3 is 1. The summed E-state index contributed by atoms with van der Waals surface area (Å²) in [6.07, 6.45) is 1.67. The van der Waals surface area contributed by atoms with Gasteiger partial charge in [-0.3, -0.25) is 0 Å². The van der Waals surface area contributed by atoms with E-state index in [1.165, 1.54) is 18.2 Å². The third kappa shape index (κ3) is 3.48. The number of aryl methyl sites for hydroxylation is 2. The number of nitrogens with zero attached hydrogens (tertiary/aromatic N) is 3. The number of rotatable bonds is 5. The molecular weight excluding hydrogens is 266 g/mol. The van der Waals surface area contributed by atoms with Crippen molar-refractivity contribution in [2.45, 2.75) is 40.2 Å². The Hall–Kier alpha value is -2.17. The molecule has 0 aliphatic carbocycles. The smallest absolute Gasteiger partial charge is 0.360 e. The summed E-state index contributed by atoms with van der Waals surface area (Å²) in [6.45, 7) is 6.83. The Morgan fingerprint density at radius 1 is 1.24 bits per heavy atom. The molecule has 0 aliphatic rings. The maximum atomic E-state index is 11.7. The second kappa shape index (κ2) is 6.52. The van der Waals surface area contributed by atoms with Gasteiger partial charge in [0.05, 0.1) is 19.3 Å². The van der Waals surface area contributed by atoms with Crippen LogP contribution in [0.1, 0.15) is 46.2 Å². The Morgan fingerprint density at radius 3 is 2.48 bits per heavy atom. The summed E-state index contributed by atoms with van der Waals surface area (Å²) in [5.74, 6) is -0.426. The molecule has 0 bridgehead atoms. The standard InChI is InChI=1S/C16H21N3O2/c1-5-6-14-15(16(20)21-4)17-18-19(14)10-13-8-11(2)7-12(3)9-13/h7-9H,5-6,10H2,1-4H3. The molecule has 0 fully saturated rings. The van der Waals surface area contributed by atoms with Gasteiger partial charge in [-0.1, -0.05) is 47.9 Å². The molecule has 0 spiro atoms. The van der Waals surface area contributed by atoms with Crippen LogP contribution in [0.5, 0.6) is 0 Å². The van der Waals surface area contributed by atoms with Crippen molar-refractivity contribution in [1.29, 1.82) is 0 Å². The van der Waals surface area contributed by atoms with E-state index in [-0.39, 0.29) is 0 Å². The lowest BCUT2D eigenvalue weighted by Gasteiger charge is -2.08. The summed E-state index contributed by atoms with van der Waals surface area (Å²) in [4.78, 5) is 11.7. The van der Waals surface area contributed by atoms with Crippen LogP contribution in [0.3, 0.4) is 0 Å². The molecule has 0 aliphatic heterocycles. The first kappa shape index (κ1) is 15.2. The lowest BCUT2D eigenvalue weighted by Crippen LogP contribution is -2.10. The Balaban J connectivity index is 2.35. The molecule has 0 saturated heterocycles. The topological polar surface area (TPSA) is 57.0 Å². The van der Waals surface area contributed by atoms with E-state index in [0.717, 1.165) is 24.1 Å². The van der Waals surface area contributed by atoms with Gasteiger partial charge in [-0.25, -0.2) is 9.48 Å². The van der Waals surface area contributed by atoms with Gasteiger partial charge in [-0.15, -0.1) is 5.10 Å². The largest absolute Gasteiger partial charge is 0.464 e. The molecule has 21 heavy (non-hydrogen) atoms. The molecular formula is C16H21N3O2. The van der Waals surface area contributed by atoms with Gasteiger partial charge in [0.25, 0.3) is 0 Å². The van der Waals surface area contributed by atoms with Crippen LogP contribution in [0.2, 0.25) is 0 Å². The SMILES string of the molecule is CCCc1c(C(=O)OC)nnn1Cc1cc(C)cc(C)c1. The van der Waals surface area contributed by atoms with Gasteiger partial charge in [0, 0.05) is 0 Å². The molecule has 1 heterocycles. The molecule has 1 aromatic heterocycles. The minimum absolute atomic E-state index is 0.323. The quantitative estimate of drug-likeness (QED) is 0.793. The van der Waals surface area contributed by atoms with Crippen molar-refractivity contribution in [3.8, 4) is 0 Å². The third-order valence-corrected chi connectivity index (χ3v) is 3.32. The number of carbonyl (C=O) groups excluding carboxylic acids is 1. The van der Waals surface area contributed by atoms with Gasteiger partial charge in [0.15, 0.2) is 5.69 Å². The van der Waals surface area contributed by atoms with E-state index < -0.39 is 5.97 Å². The van der Waals surface area contributed by atoms with E-state index in [2.05, 4.69) is 49.3 Å². The van der Waals surface area contributed by atoms with Crippen LogP contribution in [-0.2, 0) is 17.7 Å². The number of hydrogen-bond acceptors (Lipinski definition) is 4. The van der Waals surface area contributed by atoms with Crippen LogP contribution in [0.25, 0.3) is 0 Å². The average Bonchev–Trinajstić information content (AvgIpc) is 2.80. The predicted molar refractivity (Wildman–Crippen MR) is 80.4 cm³/mol. The fourth-order valence-electron chi connectivity index (χ4n) is 2.53. The normalized spacial score (nSPS) is 10.7. The average molecular weight is 287 g/mol. The van der Waals surface area contributed by atoms with E-state index >= 15 is 0 Å². The van der Waals surface area contributed by atoms with Crippen molar-refractivity contribution < 1.29 is 9.53 Å². The number of esters is 1. The maximum absolute atomic E-state index is 11.7. The monoisotopic (exact) mass is 287 g/mol. The molecule has 2 rings (SSSR count). The Labute approximate surface area is 124 Å². The lowest BCUT2D eigenvalue weighted by atomic mass is 10.1. The fourth-order valence-corrected chi connectivity index (χ4v) is 2.53. The van der Waals surface area contributed by atoms with E-state index in [4.69, 9.17) is 4.74 Å². The first-order chi connectivity index (χ1) is 10.0. The zero-order chi connectivity index (χ0) is 15.4. The van der Waals surface area contributed by atoms with Gasteiger partial charge in [-0.2, -0.15) is 0 Å². The molecule has 2 aromatic rings. The van der Waals surface area contributed by atoms with Crippen LogP contribution in [0, 0.1) is 13.8 Å².